The molecule has 3 nitrogen and oxygen atoms in total. The first kappa shape index (κ1) is 15.3. The lowest BCUT2D eigenvalue weighted by Gasteiger charge is -2.18. The molecule has 2 aromatic rings. The Morgan fingerprint density at radius 2 is 1.81 bits per heavy atom. The van der Waals surface area contributed by atoms with Crippen LogP contribution in [0.4, 0.5) is 22.0 Å². The number of alkyl halides is 3. The Hall–Kier alpha value is -2.06. The molecule has 0 bridgehead atoms. The minimum atomic E-state index is -4.82. The summed E-state index contributed by atoms with van der Waals surface area (Å²) in [5.41, 5.74) is 1.14. The van der Waals surface area contributed by atoms with Gasteiger partial charge in [-0.3, -0.25) is 10.8 Å². The van der Waals surface area contributed by atoms with Crippen LogP contribution in [0.3, 0.4) is 0 Å². The van der Waals surface area contributed by atoms with Crippen LogP contribution in [-0.4, -0.2) is 4.98 Å². The van der Waals surface area contributed by atoms with Gasteiger partial charge < -0.3 is 0 Å². The molecule has 0 aliphatic heterocycles. The van der Waals surface area contributed by atoms with E-state index >= 15 is 0 Å². The van der Waals surface area contributed by atoms with Crippen LogP contribution in [0, 0.1) is 11.6 Å². The number of nitrogens with one attached hydrogen (secondary N) is 1. The van der Waals surface area contributed by atoms with Crippen molar-refractivity contribution in [2.45, 2.75) is 12.2 Å². The summed E-state index contributed by atoms with van der Waals surface area (Å²) >= 11 is 0. The van der Waals surface area contributed by atoms with E-state index in [1.807, 2.05) is 0 Å². The van der Waals surface area contributed by atoms with Crippen molar-refractivity contribution in [1.82, 2.24) is 10.4 Å². The first-order chi connectivity index (χ1) is 9.82. The number of pyridine rings is 1. The summed E-state index contributed by atoms with van der Waals surface area (Å²) in [7, 11) is 0. The fraction of sp³-hybridized carbons (Fsp3) is 0.154. The van der Waals surface area contributed by atoms with Gasteiger partial charge in [0.1, 0.15) is 11.6 Å². The molecule has 0 saturated carbocycles. The Bertz CT molecular complexity index is 625. The fourth-order valence-electron chi connectivity index (χ4n) is 1.85. The molecule has 1 aromatic carbocycles. The Labute approximate surface area is 116 Å². The highest BCUT2D eigenvalue weighted by Crippen LogP contribution is 2.33. The molecular weight excluding hydrogens is 293 g/mol. The first-order valence-corrected chi connectivity index (χ1v) is 5.77. The minimum absolute atomic E-state index is 0.0605. The number of benzene rings is 1. The lowest BCUT2D eigenvalue weighted by molar-refractivity contribution is -0.140. The Morgan fingerprint density at radius 3 is 2.33 bits per heavy atom. The highest BCUT2D eigenvalue weighted by molar-refractivity contribution is 5.33. The smallest absolute Gasteiger partial charge is 0.271 e. The predicted molar refractivity (Wildman–Crippen MR) is 64.8 cm³/mol. The average molecular weight is 303 g/mol. The minimum Gasteiger partial charge on any atom is -0.271 e. The van der Waals surface area contributed by atoms with Gasteiger partial charge in [0.15, 0.2) is 0 Å². The van der Waals surface area contributed by atoms with Crippen molar-refractivity contribution in [3.8, 4) is 0 Å². The van der Waals surface area contributed by atoms with Crippen molar-refractivity contribution >= 4 is 0 Å². The number of nitrogens with two attached hydrogens (primary N) is 1. The molecule has 0 saturated heterocycles. The second-order valence-electron chi connectivity index (χ2n) is 4.24. The standard InChI is InChI=1S/C13H10F5N3/c14-8-2-4-11(20-6-8)12(21-19)7-1-3-10(15)9(5-7)13(16,17)18/h1-6,12,21H,19H2. The monoisotopic (exact) mass is 303 g/mol. The molecule has 0 radical (unpaired) electrons. The molecule has 1 heterocycles. The normalized spacial score (nSPS) is 13.2. The van der Waals surface area contributed by atoms with Crippen molar-refractivity contribution in [2.24, 2.45) is 5.84 Å². The number of rotatable bonds is 3. The fourth-order valence-corrected chi connectivity index (χ4v) is 1.85. The van der Waals surface area contributed by atoms with E-state index in [4.69, 9.17) is 5.84 Å². The van der Waals surface area contributed by atoms with E-state index in [1.54, 1.807) is 0 Å². The molecule has 112 valence electrons. The van der Waals surface area contributed by atoms with Gasteiger partial charge in [-0.2, -0.15) is 13.2 Å². The van der Waals surface area contributed by atoms with Gasteiger partial charge in [-0.05, 0) is 29.8 Å². The second kappa shape index (κ2) is 5.74. The number of hydrazine groups is 1. The summed E-state index contributed by atoms with van der Waals surface area (Å²) in [5.74, 6) is 3.34. The van der Waals surface area contributed by atoms with Crippen LogP contribution in [0.2, 0.25) is 0 Å². The molecule has 0 aliphatic carbocycles. The zero-order valence-corrected chi connectivity index (χ0v) is 10.5. The van der Waals surface area contributed by atoms with Crippen molar-refractivity contribution in [1.29, 1.82) is 0 Å². The number of aromatic nitrogens is 1. The van der Waals surface area contributed by atoms with Crippen LogP contribution in [0.1, 0.15) is 22.9 Å². The summed E-state index contributed by atoms with van der Waals surface area (Å²) in [6, 6.07) is 3.95. The number of hydrogen-bond acceptors (Lipinski definition) is 3. The summed E-state index contributed by atoms with van der Waals surface area (Å²) < 4.78 is 64.2. The zero-order valence-electron chi connectivity index (χ0n) is 10.5. The summed E-state index contributed by atoms with van der Waals surface area (Å²) in [6.45, 7) is 0. The lowest BCUT2D eigenvalue weighted by atomic mass is 10.0. The van der Waals surface area contributed by atoms with E-state index in [0.717, 1.165) is 18.3 Å². The van der Waals surface area contributed by atoms with Crippen molar-refractivity contribution in [3.05, 3.63) is 65.0 Å². The van der Waals surface area contributed by atoms with E-state index in [2.05, 4.69) is 10.4 Å². The van der Waals surface area contributed by atoms with Gasteiger partial charge in [0.2, 0.25) is 0 Å². The summed E-state index contributed by atoms with van der Waals surface area (Å²) in [6.07, 6.45) is -3.91. The van der Waals surface area contributed by atoms with E-state index < -0.39 is 29.4 Å². The first-order valence-electron chi connectivity index (χ1n) is 5.77. The number of halogens is 5. The van der Waals surface area contributed by atoms with Crippen molar-refractivity contribution in [2.75, 3.05) is 0 Å². The molecule has 1 aromatic heterocycles. The molecule has 0 aliphatic rings. The third-order valence-electron chi connectivity index (χ3n) is 2.84. The Balaban J connectivity index is 2.46. The van der Waals surface area contributed by atoms with Crippen molar-refractivity contribution in [3.63, 3.8) is 0 Å². The van der Waals surface area contributed by atoms with E-state index in [0.29, 0.717) is 12.1 Å². The average Bonchev–Trinajstić information content (AvgIpc) is 2.42. The van der Waals surface area contributed by atoms with Crippen molar-refractivity contribution < 1.29 is 22.0 Å². The predicted octanol–water partition coefficient (Wildman–Crippen LogP) is 2.93. The molecule has 21 heavy (non-hydrogen) atoms. The van der Waals surface area contributed by atoms with Crippen LogP contribution in [0.5, 0.6) is 0 Å². The van der Waals surface area contributed by atoms with E-state index in [-0.39, 0.29) is 11.3 Å². The SMILES string of the molecule is NNC(c1ccc(F)c(C(F)(F)F)c1)c1ccc(F)cn1. The summed E-state index contributed by atoms with van der Waals surface area (Å²) in [4.78, 5) is 3.75. The molecule has 1 unspecified atom stereocenters. The highest BCUT2D eigenvalue weighted by Gasteiger charge is 2.34. The molecule has 8 heteroatoms. The molecular formula is C13H10F5N3. The van der Waals surface area contributed by atoms with E-state index in [1.165, 1.54) is 6.07 Å². The third kappa shape index (κ3) is 3.34. The zero-order chi connectivity index (χ0) is 15.6. The van der Waals surface area contributed by atoms with Crippen LogP contribution in [0.25, 0.3) is 0 Å². The maximum absolute atomic E-state index is 13.3. The molecule has 0 spiro atoms. The molecule has 2 rings (SSSR count). The molecule has 0 amide bonds. The highest BCUT2D eigenvalue weighted by atomic mass is 19.4. The number of nitrogens with zero attached hydrogens (tertiary/aromatic N) is 1. The summed E-state index contributed by atoms with van der Waals surface area (Å²) in [5, 5.41) is 0. The number of hydrogen-bond donors (Lipinski definition) is 2. The molecule has 0 fully saturated rings. The van der Waals surface area contributed by atoms with Gasteiger partial charge in [0.05, 0.1) is 23.5 Å². The maximum atomic E-state index is 13.3. The van der Waals surface area contributed by atoms with Crippen LogP contribution in [-0.2, 0) is 6.18 Å². The topological polar surface area (TPSA) is 50.9 Å². The van der Waals surface area contributed by atoms with Gasteiger partial charge in [-0.15, -0.1) is 0 Å². The van der Waals surface area contributed by atoms with Crippen LogP contribution < -0.4 is 11.3 Å². The largest absolute Gasteiger partial charge is 0.419 e. The van der Waals surface area contributed by atoms with Gasteiger partial charge in [-0.25, -0.2) is 14.2 Å². The maximum Gasteiger partial charge on any atom is 0.419 e. The Kier molecular flexibility index (Phi) is 4.19. The third-order valence-corrected chi connectivity index (χ3v) is 2.84. The second-order valence-corrected chi connectivity index (χ2v) is 4.24. The lowest BCUT2D eigenvalue weighted by Crippen LogP contribution is -2.30. The quantitative estimate of drug-likeness (QED) is 0.521. The van der Waals surface area contributed by atoms with Crippen LogP contribution in [0.15, 0.2) is 36.5 Å². The van der Waals surface area contributed by atoms with Gasteiger partial charge in [0, 0.05) is 0 Å². The molecule has 1 atom stereocenters. The van der Waals surface area contributed by atoms with Gasteiger partial charge in [0.25, 0.3) is 0 Å². The molecule has 3 N–H and O–H groups in total. The Morgan fingerprint density at radius 1 is 1.10 bits per heavy atom. The van der Waals surface area contributed by atoms with Crippen LogP contribution >= 0.6 is 0 Å². The van der Waals surface area contributed by atoms with Gasteiger partial charge >= 0.3 is 6.18 Å². The van der Waals surface area contributed by atoms with E-state index in [9.17, 15) is 22.0 Å². The van der Waals surface area contributed by atoms with Gasteiger partial charge in [-0.1, -0.05) is 6.07 Å².